The van der Waals surface area contributed by atoms with E-state index < -0.39 is 12.1 Å². The second-order valence-electron chi connectivity index (χ2n) is 7.40. The zero-order valence-corrected chi connectivity index (χ0v) is 18.6. The number of hydrogen-bond donors (Lipinski definition) is 0. The van der Waals surface area contributed by atoms with Gasteiger partial charge in [0.1, 0.15) is 0 Å². The number of morpholine rings is 1. The minimum absolute atomic E-state index is 0.0377. The van der Waals surface area contributed by atoms with Gasteiger partial charge in [-0.15, -0.1) is 0 Å². The molecule has 1 saturated heterocycles. The third kappa shape index (κ3) is 7.06. The average molecular weight is 420 g/mol. The lowest BCUT2D eigenvalue weighted by Gasteiger charge is -2.36. The maximum absolute atomic E-state index is 12.6. The monoisotopic (exact) mass is 419 g/mol. The van der Waals surface area contributed by atoms with Gasteiger partial charge in [-0.3, -0.25) is 4.79 Å². The molecule has 3 unspecified atom stereocenters. The highest BCUT2D eigenvalue weighted by Gasteiger charge is 2.30. The van der Waals surface area contributed by atoms with Gasteiger partial charge in [-0.2, -0.15) is 0 Å². The molecule has 7 heteroatoms. The average Bonchev–Trinajstić information content (AvgIpc) is 2.70. The summed E-state index contributed by atoms with van der Waals surface area (Å²) < 4.78 is 22.2. The Bertz CT molecular complexity index is 737. The fraction of sp³-hybridized carbons (Fsp3) is 0.565. The van der Waals surface area contributed by atoms with Crippen LogP contribution < -0.4 is 9.47 Å². The van der Waals surface area contributed by atoms with E-state index in [1.807, 2.05) is 45.9 Å². The molecule has 0 spiro atoms. The highest BCUT2D eigenvalue weighted by molar-refractivity contribution is 5.90. The number of ether oxygens (including phenoxy) is 4. The number of esters is 1. The van der Waals surface area contributed by atoms with Crippen LogP contribution in [0.3, 0.4) is 0 Å². The fourth-order valence-electron chi connectivity index (χ4n) is 3.27. The lowest BCUT2D eigenvalue weighted by molar-refractivity contribution is -0.161. The van der Waals surface area contributed by atoms with Gasteiger partial charge in [-0.25, -0.2) is 4.79 Å². The molecular formula is C23H33NO6. The molecule has 30 heavy (non-hydrogen) atoms. The predicted molar refractivity (Wildman–Crippen MR) is 115 cm³/mol. The van der Waals surface area contributed by atoms with Crippen molar-refractivity contribution in [2.75, 3.05) is 26.3 Å². The summed E-state index contributed by atoms with van der Waals surface area (Å²) in [6.07, 6.45) is 2.91. The van der Waals surface area contributed by atoms with Crippen LogP contribution >= 0.6 is 0 Å². The second-order valence-corrected chi connectivity index (χ2v) is 7.40. The summed E-state index contributed by atoms with van der Waals surface area (Å²) in [4.78, 5) is 26.5. The topological polar surface area (TPSA) is 74.3 Å². The van der Waals surface area contributed by atoms with Gasteiger partial charge in [0.05, 0.1) is 25.4 Å². The van der Waals surface area contributed by atoms with E-state index in [1.165, 1.54) is 6.08 Å². The Labute approximate surface area is 178 Å². The van der Waals surface area contributed by atoms with Crippen LogP contribution in [0.4, 0.5) is 0 Å². The van der Waals surface area contributed by atoms with Gasteiger partial charge in [-0.05, 0) is 57.9 Å². The molecule has 1 fully saturated rings. The van der Waals surface area contributed by atoms with Crippen molar-refractivity contribution >= 4 is 18.0 Å². The van der Waals surface area contributed by atoms with E-state index in [1.54, 1.807) is 17.9 Å². The number of nitrogens with zero attached hydrogens (tertiary/aromatic N) is 1. The summed E-state index contributed by atoms with van der Waals surface area (Å²) in [5, 5.41) is 0. The number of carbonyl (C=O) groups is 2. The molecule has 1 heterocycles. The summed E-state index contributed by atoms with van der Waals surface area (Å²) in [6, 6.07) is 5.46. The lowest BCUT2D eigenvalue weighted by atomic mass is 10.2. The van der Waals surface area contributed by atoms with Gasteiger partial charge in [-0.1, -0.05) is 13.0 Å². The van der Waals surface area contributed by atoms with Crippen LogP contribution in [-0.2, 0) is 19.1 Å². The van der Waals surface area contributed by atoms with E-state index in [0.717, 1.165) is 12.0 Å². The number of hydrogen-bond acceptors (Lipinski definition) is 6. The quantitative estimate of drug-likeness (QED) is 0.451. The summed E-state index contributed by atoms with van der Waals surface area (Å²) >= 11 is 0. The normalized spacial score (nSPS) is 20.1. The summed E-state index contributed by atoms with van der Waals surface area (Å²) in [5.74, 6) is 0.511. The van der Waals surface area contributed by atoms with E-state index in [-0.39, 0.29) is 18.1 Å². The van der Waals surface area contributed by atoms with Crippen LogP contribution in [0.15, 0.2) is 24.3 Å². The van der Waals surface area contributed by atoms with Crippen molar-refractivity contribution in [3.63, 3.8) is 0 Å². The molecule has 0 radical (unpaired) electrons. The molecule has 0 saturated carbocycles. The molecule has 0 aliphatic carbocycles. The highest BCUT2D eigenvalue weighted by Crippen LogP contribution is 2.29. The van der Waals surface area contributed by atoms with Crippen molar-refractivity contribution in [1.82, 2.24) is 4.90 Å². The second kappa shape index (κ2) is 11.6. The first-order valence-electron chi connectivity index (χ1n) is 10.6. The molecule has 2 rings (SSSR count). The van der Waals surface area contributed by atoms with Crippen LogP contribution in [0, 0.1) is 0 Å². The molecule has 0 N–H and O–H groups in total. The van der Waals surface area contributed by atoms with Crippen molar-refractivity contribution in [2.24, 2.45) is 0 Å². The van der Waals surface area contributed by atoms with Gasteiger partial charge in [0.15, 0.2) is 17.6 Å². The van der Waals surface area contributed by atoms with Crippen LogP contribution in [0.2, 0.25) is 0 Å². The van der Waals surface area contributed by atoms with Crippen LogP contribution in [0.1, 0.15) is 46.6 Å². The van der Waals surface area contributed by atoms with E-state index in [4.69, 9.17) is 18.9 Å². The zero-order chi connectivity index (χ0) is 22.1. The smallest absolute Gasteiger partial charge is 0.331 e. The van der Waals surface area contributed by atoms with Crippen LogP contribution in [0.25, 0.3) is 6.08 Å². The molecule has 166 valence electrons. The van der Waals surface area contributed by atoms with Crippen molar-refractivity contribution in [3.05, 3.63) is 29.8 Å². The Hall–Kier alpha value is -2.54. The van der Waals surface area contributed by atoms with Gasteiger partial charge >= 0.3 is 5.97 Å². The van der Waals surface area contributed by atoms with Gasteiger partial charge in [0.2, 0.25) is 0 Å². The maximum atomic E-state index is 12.6. The minimum Gasteiger partial charge on any atom is -0.490 e. The molecule has 0 aromatic heterocycles. The van der Waals surface area contributed by atoms with Crippen molar-refractivity contribution in [2.45, 2.75) is 59.4 Å². The molecule has 1 amide bonds. The third-order valence-electron chi connectivity index (χ3n) is 4.51. The van der Waals surface area contributed by atoms with E-state index in [2.05, 4.69) is 0 Å². The molecule has 1 aromatic rings. The Morgan fingerprint density at radius 2 is 1.87 bits per heavy atom. The third-order valence-corrected chi connectivity index (χ3v) is 4.51. The standard InChI is InChI=1S/C23H33NO6/c1-6-12-28-20-10-8-19(13-21(20)27-7-2)9-11-22(25)30-18(5)23(26)24-14-16(3)29-17(4)15-24/h8-11,13,16-18H,6-7,12,14-15H2,1-5H3/b11-9+. The Morgan fingerprint density at radius 1 is 1.17 bits per heavy atom. The molecule has 1 aliphatic heterocycles. The zero-order valence-electron chi connectivity index (χ0n) is 18.6. The largest absolute Gasteiger partial charge is 0.490 e. The maximum Gasteiger partial charge on any atom is 0.331 e. The summed E-state index contributed by atoms with van der Waals surface area (Å²) in [5.41, 5.74) is 0.772. The predicted octanol–water partition coefficient (Wildman–Crippen LogP) is 3.45. The first-order chi connectivity index (χ1) is 14.3. The molecule has 1 aromatic carbocycles. The SMILES string of the molecule is CCCOc1ccc(/C=C/C(=O)OC(C)C(=O)N2CC(C)OC(C)C2)cc1OCC. The van der Waals surface area contributed by atoms with Crippen molar-refractivity contribution in [1.29, 1.82) is 0 Å². The van der Waals surface area contributed by atoms with E-state index in [9.17, 15) is 9.59 Å². The number of carbonyl (C=O) groups excluding carboxylic acids is 2. The van der Waals surface area contributed by atoms with Gasteiger partial charge in [0, 0.05) is 19.2 Å². The van der Waals surface area contributed by atoms with Gasteiger partial charge < -0.3 is 23.8 Å². The Kier molecular flexibility index (Phi) is 9.17. The van der Waals surface area contributed by atoms with Crippen LogP contribution in [-0.4, -0.2) is 61.4 Å². The molecule has 7 nitrogen and oxygen atoms in total. The highest BCUT2D eigenvalue weighted by atomic mass is 16.5. The first-order valence-corrected chi connectivity index (χ1v) is 10.6. The minimum atomic E-state index is -0.858. The number of benzene rings is 1. The Morgan fingerprint density at radius 3 is 2.50 bits per heavy atom. The molecule has 0 bridgehead atoms. The van der Waals surface area contributed by atoms with Gasteiger partial charge in [0.25, 0.3) is 5.91 Å². The first kappa shape index (κ1) is 23.7. The van der Waals surface area contributed by atoms with Crippen LogP contribution in [0.5, 0.6) is 11.5 Å². The summed E-state index contributed by atoms with van der Waals surface area (Å²) in [7, 11) is 0. The lowest BCUT2D eigenvalue weighted by Crippen LogP contribution is -2.51. The number of amides is 1. The van der Waals surface area contributed by atoms with E-state index in [0.29, 0.717) is 37.8 Å². The van der Waals surface area contributed by atoms with E-state index >= 15 is 0 Å². The molecule has 1 aliphatic rings. The fourth-order valence-corrected chi connectivity index (χ4v) is 3.27. The molecule has 3 atom stereocenters. The number of rotatable bonds is 9. The summed E-state index contributed by atoms with van der Waals surface area (Å²) in [6.45, 7) is 11.5. The molecular weight excluding hydrogens is 386 g/mol. The van der Waals surface area contributed by atoms with Crippen molar-refractivity contribution < 1.29 is 28.5 Å². The Balaban J connectivity index is 1.96. The van der Waals surface area contributed by atoms with Crippen molar-refractivity contribution in [3.8, 4) is 11.5 Å².